The Morgan fingerprint density at radius 3 is 2.77 bits per heavy atom. The molecular formula is C21H19BrN8S. The number of aryl methyl sites for hydroxylation is 1. The van der Waals surface area contributed by atoms with E-state index in [0.29, 0.717) is 16.2 Å². The van der Waals surface area contributed by atoms with E-state index in [2.05, 4.69) is 47.6 Å². The summed E-state index contributed by atoms with van der Waals surface area (Å²) in [6.45, 7) is 3.96. The molecule has 0 spiro atoms. The van der Waals surface area contributed by atoms with Crippen molar-refractivity contribution in [1.29, 1.82) is 5.26 Å². The standard InChI is InChI=1S/C21H19BrN8S/c1-12-27-28-19(31-12)13-3-5-15(6-4-13)30-18-16(17(22)29-30)10-24-20(26-18)25-14-7-8-21(2,9-14)11-23/h3-6,10,14H,7-9H2,1-2H3,(H,24,25,26)/t14-,21-/m1/s1. The molecule has 2 atom stereocenters. The molecule has 1 N–H and O–H groups in total. The molecule has 1 saturated carbocycles. The van der Waals surface area contributed by atoms with Crippen LogP contribution < -0.4 is 5.32 Å². The highest BCUT2D eigenvalue weighted by Crippen LogP contribution is 2.38. The van der Waals surface area contributed by atoms with Gasteiger partial charge in [-0.15, -0.1) is 10.2 Å². The number of fused-ring (bicyclic) bond motifs is 1. The van der Waals surface area contributed by atoms with Gasteiger partial charge in [-0.25, -0.2) is 9.67 Å². The number of hydrogen-bond acceptors (Lipinski definition) is 8. The average molecular weight is 495 g/mol. The highest BCUT2D eigenvalue weighted by Gasteiger charge is 2.35. The first-order chi connectivity index (χ1) is 14.9. The Morgan fingerprint density at radius 2 is 2.10 bits per heavy atom. The van der Waals surface area contributed by atoms with Crippen LogP contribution >= 0.6 is 27.3 Å². The second-order valence-corrected chi connectivity index (χ2v) is 10.00. The largest absolute Gasteiger partial charge is 0.351 e. The Labute approximate surface area is 191 Å². The molecule has 1 aliphatic rings. The second kappa shape index (κ2) is 7.66. The van der Waals surface area contributed by atoms with E-state index in [1.54, 1.807) is 22.2 Å². The third kappa shape index (κ3) is 3.79. The molecule has 5 rings (SSSR count). The first kappa shape index (κ1) is 20.0. The number of hydrogen-bond donors (Lipinski definition) is 1. The zero-order chi connectivity index (χ0) is 21.6. The van der Waals surface area contributed by atoms with Crippen LogP contribution in [0.4, 0.5) is 5.95 Å². The molecule has 0 amide bonds. The molecule has 3 heterocycles. The fraction of sp³-hybridized carbons (Fsp3) is 0.333. The Hall–Kier alpha value is -2.90. The predicted octanol–water partition coefficient (Wildman–Crippen LogP) is 4.90. The maximum atomic E-state index is 9.38. The number of nitrogens with one attached hydrogen (secondary N) is 1. The SMILES string of the molecule is Cc1nnc(-c2ccc(-n3nc(Br)c4cnc(N[C@@H]5CC[C@@](C)(C#N)C5)nc43)cc2)s1. The molecule has 0 radical (unpaired) electrons. The van der Waals surface area contributed by atoms with Crippen LogP contribution in [0.5, 0.6) is 0 Å². The van der Waals surface area contributed by atoms with Crippen LogP contribution in [0.25, 0.3) is 27.3 Å². The molecule has 0 saturated heterocycles. The monoisotopic (exact) mass is 494 g/mol. The van der Waals surface area contributed by atoms with E-state index in [4.69, 9.17) is 4.98 Å². The van der Waals surface area contributed by atoms with Crippen LogP contribution in [0, 0.1) is 23.7 Å². The predicted molar refractivity (Wildman–Crippen MR) is 123 cm³/mol. The van der Waals surface area contributed by atoms with E-state index < -0.39 is 0 Å². The van der Waals surface area contributed by atoms with Gasteiger partial charge in [-0.05, 0) is 73.3 Å². The Kier molecular flexibility index (Phi) is 4.95. The van der Waals surface area contributed by atoms with Gasteiger partial charge in [0.05, 0.1) is 22.6 Å². The molecule has 31 heavy (non-hydrogen) atoms. The van der Waals surface area contributed by atoms with Gasteiger partial charge in [-0.2, -0.15) is 15.3 Å². The van der Waals surface area contributed by atoms with E-state index in [1.807, 2.05) is 38.1 Å². The number of aromatic nitrogens is 6. The summed E-state index contributed by atoms with van der Waals surface area (Å²) in [5, 5.41) is 28.4. The summed E-state index contributed by atoms with van der Waals surface area (Å²) in [4.78, 5) is 9.20. The molecule has 156 valence electrons. The van der Waals surface area contributed by atoms with Crippen molar-refractivity contribution in [3.8, 4) is 22.3 Å². The van der Waals surface area contributed by atoms with Crippen molar-refractivity contribution in [1.82, 2.24) is 29.9 Å². The fourth-order valence-electron chi connectivity index (χ4n) is 3.92. The lowest BCUT2D eigenvalue weighted by atomic mass is 9.91. The van der Waals surface area contributed by atoms with Crippen molar-refractivity contribution < 1.29 is 0 Å². The van der Waals surface area contributed by atoms with E-state index in [1.165, 1.54) is 0 Å². The van der Waals surface area contributed by atoms with Gasteiger partial charge in [0.1, 0.15) is 14.6 Å². The number of rotatable bonds is 4. The van der Waals surface area contributed by atoms with Crippen molar-refractivity contribution in [2.75, 3.05) is 5.32 Å². The molecule has 4 aromatic rings. The van der Waals surface area contributed by atoms with Gasteiger partial charge in [0, 0.05) is 17.8 Å². The Balaban J connectivity index is 1.45. The van der Waals surface area contributed by atoms with E-state index in [-0.39, 0.29) is 11.5 Å². The lowest BCUT2D eigenvalue weighted by molar-refractivity contribution is 0.456. The molecule has 1 aliphatic carbocycles. The second-order valence-electron chi connectivity index (χ2n) is 8.06. The van der Waals surface area contributed by atoms with Crippen LogP contribution in [0.1, 0.15) is 31.2 Å². The van der Waals surface area contributed by atoms with Crippen LogP contribution in [0.2, 0.25) is 0 Å². The van der Waals surface area contributed by atoms with Crippen molar-refractivity contribution in [3.05, 3.63) is 40.1 Å². The van der Waals surface area contributed by atoms with Crippen molar-refractivity contribution in [2.45, 2.75) is 39.2 Å². The van der Waals surface area contributed by atoms with Gasteiger partial charge in [0.25, 0.3) is 0 Å². The lowest BCUT2D eigenvalue weighted by Gasteiger charge is -2.15. The summed E-state index contributed by atoms with van der Waals surface area (Å²) >= 11 is 5.09. The summed E-state index contributed by atoms with van der Waals surface area (Å²) in [7, 11) is 0. The number of nitrogens with zero attached hydrogens (tertiary/aromatic N) is 7. The normalized spacial score (nSPS) is 20.8. The average Bonchev–Trinajstić information content (AvgIpc) is 3.46. The zero-order valence-electron chi connectivity index (χ0n) is 17.0. The number of anilines is 1. The molecule has 8 nitrogen and oxygen atoms in total. The summed E-state index contributed by atoms with van der Waals surface area (Å²) in [6, 6.07) is 10.6. The summed E-state index contributed by atoms with van der Waals surface area (Å²) in [6.07, 6.45) is 4.38. The lowest BCUT2D eigenvalue weighted by Crippen LogP contribution is -2.19. The van der Waals surface area contributed by atoms with Gasteiger partial charge >= 0.3 is 0 Å². The van der Waals surface area contributed by atoms with Gasteiger partial charge in [-0.1, -0.05) is 11.3 Å². The van der Waals surface area contributed by atoms with Crippen molar-refractivity contribution in [2.24, 2.45) is 5.41 Å². The first-order valence-electron chi connectivity index (χ1n) is 9.94. The smallest absolute Gasteiger partial charge is 0.224 e. The highest BCUT2D eigenvalue weighted by molar-refractivity contribution is 9.10. The molecule has 10 heteroatoms. The fourth-order valence-corrected chi connectivity index (χ4v) is 5.06. The Bertz CT molecular complexity index is 1310. The topological polar surface area (TPSA) is 105 Å². The number of halogens is 1. The van der Waals surface area contributed by atoms with Crippen molar-refractivity contribution in [3.63, 3.8) is 0 Å². The third-order valence-corrected chi connectivity index (χ3v) is 7.08. The maximum absolute atomic E-state index is 9.38. The van der Waals surface area contributed by atoms with Gasteiger partial charge in [0.15, 0.2) is 5.65 Å². The van der Waals surface area contributed by atoms with E-state index >= 15 is 0 Å². The molecular weight excluding hydrogens is 476 g/mol. The minimum Gasteiger partial charge on any atom is -0.351 e. The molecule has 1 aromatic carbocycles. The van der Waals surface area contributed by atoms with Crippen LogP contribution in [-0.4, -0.2) is 36.0 Å². The highest BCUT2D eigenvalue weighted by atomic mass is 79.9. The maximum Gasteiger partial charge on any atom is 0.224 e. The van der Waals surface area contributed by atoms with Crippen LogP contribution in [-0.2, 0) is 0 Å². The number of nitriles is 1. The Morgan fingerprint density at radius 1 is 1.29 bits per heavy atom. The summed E-state index contributed by atoms with van der Waals surface area (Å²) < 4.78 is 2.49. The van der Waals surface area contributed by atoms with Crippen LogP contribution in [0.15, 0.2) is 35.1 Å². The van der Waals surface area contributed by atoms with Gasteiger partial charge in [0.2, 0.25) is 5.95 Å². The molecule has 1 fully saturated rings. The zero-order valence-corrected chi connectivity index (χ0v) is 19.4. The number of benzene rings is 1. The minimum atomic E-state index is -0.278. The first-order valence-corrected chi connectivity index (χ1v) is 11.5. The van der Waals surface area contributed by atoms with Crippen LogP contribution in [0.3, 0.4) is 0 Å². The van der Waals surface area contributed by atoms with E-state index in [9.17, 15) is 5.26 Å². The minimum absolute atomic E-state index is 0.191. The quantitative estimate of drug-likeness (QED) is 0.429. The van der Waals surface area contributed by atoms with E-state index in [0.717, 1.165) is 45.9 Å². The van der Waals surface area contributed by atoms with Gasteiger partial charge in [-0.3, -0.25) is 0 Å². The third-order valence-electron chi connectivity index (χ3n) is 5.61. The molecule has 0 bridgehead atoms. The summed E-state index contributed by atoms with van der Waals surface area (Å²) in [5.41, 5.74) is 2.34. The summed E-state index contributed by atoms with van der Waals surface area (Å²) in [5.74, 6) is 0.550. The molecule has 0 aliphatic heterocycles. The van der Waals surface area contributed by atoms with Crippen molar-refractivity contribution >= 4 is 44.2 Å². The molecule has 0 unspecified atom stereocenters. The molecule has 3 aromatic heterocycles. The van der Waals surface area contributed by atoms with Gasteiger partial charge < -0.3 is 5.32 Å².